The van der Waals surface area contributed by atoms with Crippen molar-refractivity contribution >= 4 is 21.6 Å². The monoisotopic (exact) mass is 297 g/mol. The van der Waals surface area contributed by atoms with E-state index >= 15 is 0 Å². The normalized spacial score (nSPS) is 26.5. The van der Waals surface area contributed by atoms with Crippen molar-refractivity contribution in [3.63, 3.8) is 0 Å². The van der Waals surface area contributed by atoms with E-state index in [-0.39, 0.29) is 5.56 Å². The fourth-order valence-corrected chi connectivity index (χ4v) is 3.53. The summed E-state index contributed by atoms with van der Waals surface area (Å²) in [6, 6.07) is 2.11. The van der Waals surface area contributed by atoms with E-state index in [0.717, 1.165) is 25.3 Å². The van der Waals surface area contributed by atoms with Gasteiger partial charge in [-0.3, -0.25) is 4.79 Å². The second kappa shape index (κ2) is 4.14. The van der Waals surface area contributed by atoms with E-state index in [1.165, 1.54) is 12.1 Å². The van der Waals surface area contributed by atoms with E-state index in [4.69, 9.17) is 0 Å². The highest BCUT2D eigenvalue weighted by Crippen LogP contribution is 2.34. The lowest BCUT2D eigenvalue weighted by Gasteiger charge is -2.37. The summed E-state index contributed by atoms with van der Waals surface area (Å²) in [6.07, 6.45) is 1.21. The topological polar surface area (TPSA) is 46.1 Å². The van der Waals surface area contributed by atoms with Crippen LogP contribution in [-0.4, -0.2) is 24.7 Å². The number of rotatable bonds is 1. The Bertz CT molecular complexity index is 511. The number of halogens is 1. The smallest absolute Gasteiger partial charge is 0.267 e. The minimum atomic E-state index is 0.100. The Morgan fingerprint density at radius 3 is 3.12 bits per heavy atom. The number of hydrogen-bond donors (Lipinski definition) is 2. The molecule has 2 atom stereocenters. The molecule has 0 aromatic carbocycles. The van der Waals surface area contributed by atoms with Gasteiger partial charge in [0.1, 0.15) is 4.47 Å². The van der Waals surface area contributed by atoms with Crippen molar-refractivity contribution in [2.45, 2.75) is 18.9 Å². The van der Waals surface area contributed by atoms with Gasteiger partial charge in [-0.1, -0.05) is 0 Å². The first-order valence-electron chi connectivity index (χ1n) is 6.02. The fourth-order valence-electron chi connectivity index (χ4n) is 3.00. The molecule has 3 rings (SSSR count). The maximum absolute atomic E-state index is 12.3. The maximum atomic E-state index is 12.3. The largest absolute Gasteiger partial charge is 0.387 e. The summed E-state index contributed by atoms with van der Waals surface area (Å²) in [5, 5.41) is 6.53. The van der Waals surface area contributed by atoms with Gasteiger partial charge in [-0.05, 0) is 40.9 Å². The number of aromatic nitrogens is 1. The zero-order valence-electron chi connectivity index (χ0n) is 9.79. The van der Waals surface area contributed by atoms with Gasteiger partial charge in [-0.25, -0.2) is 0 Å². The molecule has 0 spiro atoms. The summed E-state index contributed by atoms with van der Waals surface area (Å²) in [6.45, 7) is 2.87. The summed E-state index contributed by atoms with van der Waals surface area (Å²) in [5.41, 5.74) is 2.17. The van der Waals surface area contributed by atoms with Crippen LogP contribution in [0.4, 0.5) is 5.69 Å². The lowest BCUT2D eigenvalue weighted by atomic mass is 9.84. The lowest BCUT2D eigenvalue weighted by Crippen LogP contribution is -2.45. The molecule has 1 unspecified atom stereocenters. The van der Waals surface area contributed by atoms with Crippen LogP contribution < -0.4 is 16.2 Å². The van der Waals surface area contributed by atoms with Gasteiger partial charge in [0.25, 0.3) is 5.56 Å². The molecule has 1 fully saturated rings. The van der Waals surface area contributed by atoms with Gasteiger partial charge in [0.15, 0.2) is 0 Å². The van der Waals surface area contributed by atoms with Crippen LogP contribution in [-0.2, 0) is 6.54 Å². The number of anilines is 1. The summed E-state index contributed by atoms with van der Waals surface area (Å²) in [7, 11) is 1.85. The van der Waals surface area contributed by atoms with Gasteiger partial charge in [0.2, 0.25) is 0 Å². The first-order valence-corrected chi connectivity index (χ1v) is 6.81. The van der Waals surface area contributed by atoms with Gasteiger partial charge in [0, 0.05) is 31.7 Å². The van der Waals surface area contributed by atoms with Crippen LogP contribution in [0.5, 0.6) is 0 Å². The van der Waals surface area contributed by atoms with E-state index in [1.54, 1.807) is 0 Å². The highest BCUT2D eigenvalue weighted by atomic mass is 79.9. The van der Waals surface area contributed by atoms with Crippen molar-refractivity contribution in [2.75, 3.05) is 25.5 Å². The van der Waals surface area contributed by atoms with Crippen molar-refractivity contribution in [3.8, 4) is 0 Å². The van der Waals surface area contributed by atoms with Gasteiger partial charge in [-0.15, -0.1) is 0 Å². The summed E-state index contributed by atoms with van der Waals surface area (Å²) < 4.78 is 2.60. The molecule has 2 bridgehead atoms. The maximum Gasteiger partial charge on any atom is 0.267 e. The Morgan fingerprint density at radius 2 is 2.35 bits per heavy atom. The minimum absolute atomic E-state index is 0.100. The Labute approximate surface area is 109 Å². The van der Waals surface area contributed by atoms with Crippen LogP contribution in [0.25, 0.3) is 0 Å². The lowest BCUT2D eigenvalue weighted by molar-refractivity contribution is 0.257. The summed E-state index contributed by atoms with van der Waals surface area (Å²) in [5.74, 6) is 1.08. The average molecular weight is 298 g/mol. The van der Waals surface area contributed by atoms with E-state index in [2.05, 4.69) is 32.6 Å². The molecule has 1 saturated heterocycles. The molecular formula is C12H16BrN3O. The summed E-state index contributed by atoms with van der Waals surface area (Å²) >= 11 is 3.39. The van der Waals surface area contributed by atoms with Gasteiger partial charge >= 0.3 is 0 Å². The average Bonchev–Trinajstić information content (AvgIpc) is 2.35. The van der Waals surface area contributed by atoms with Crippen LogP contribution in [0.15, 0.2) is 15.3 Å². The third kappa shape index (κ3) is 1.72. The van der Waals surface area contributed by atoms with Crippen LogP contribution >= 0.6 is 15.9 Å². The quantitative estimate of drug-likeness (QED) is 0.823. The molecule has 2 N–H and O–H groups in total. The zero-order chi connectivity index (χ0) is 12.0. The molecule has 92 valence electrons. The van der Waals surface area contributed by atoms with E-state index in [0.29, 0.717) is 16.3 Å². The zero-order valence-corrected chi connectivity index (χ0v) is 11.4. The van der Waals surface area contributed by atoms with Crippen LogP contribution in [0, 0.1) is 5.92 Å². The minimum Gasteiger partial charge on any atom is -0.387 e. The molecule has 1 aromatic heterocycles. The second-order valence-electron chi connectivity index (χ2n) is 4.92. The molecule has 2 aliphatic heterocycles. The van der Waals surface area contributed by atoms with Crippen molar-refractivity contribution in [1.29, 1.82) is 0 Å². The Morgan fingerprint density at radius 1 is 1.53 bits per heavy atom. The number of fused-ring (bicyclic) bond motifs is 4. The third-order valence-corrected chi connectivity index (χ3v) is 4.61. The number of pyridine rings is 1. The van der Waals surface area contributed by atoms with E-state index < -0.39 is 0 Å². The van der Waals surface area contributed by atoms with Crippen LogP contribution in [0.3, 0.4) is 0 Å². The van der Waals surface area contributed by atoms with E-state index in [9.17, 15) is 4.79 Å². The highest BCUT2D eigenvalue weighted by molar-refractivity contribution is 9.10. The van der Waals surface area contributed by atoms with Gasteiger partial charge in [-0.2, -0.15) is 0 Å². The molecule has 3 heterocycles. The number of hydrogen-bond acceptors (Lipinski definition) is 3. The van der Waals surface area contributed by atoms with E-state index in [1.807, 2.05) is 11.6 Å². The SMILES string of the molecule is CNc1cc2n(c(=O)c1Br)CC1CNC[C@@H]2C1. The Balaban J connectivity index is 2.18. The molecule has 0 saturated carbocycles. The highest BCUT2D eigenvalue weighted by Gasteiger charge is 2.31. The molecular weight excluding hydrogens is 282 g/mol. The molecule has 4 nitrogen and oxygen atoms in total. The van der Waals surface area contributed by atoms with Crippen molar-refractivity contribution in [2.24, 2.45) is 5.92 Å². The number of nitrogens with zero attached hydrogens (tertiary/aromatic N) is 1. The fraction of sp³-hybridized carbons (Fsp3) is 0.583. The van der Waals surface area contributed by atoms with Crippen molar-refractivity contribution in [1.82, 2.24) is 9.88 Å². The molecule has 17 heavy (non-hydrogen) atoms. The van der Waals surface area contributed by atoms with Crippen molar-refractivity contribution < 1.29 is 0 Å². The standard InChI is InChI=1S/C12H16BrN3O/c1-14-9-3-10-8-2-7(4-15-5-8)6-16(10)12(17)11(9)13/h3,7-8,14-15H,2,4-6H2,1H3/t7?,8-/m0/s1. The molecule has 2 aliphatic rings. The first-order chi connectivity index (χ1) is 8.20. The van der Waals surface area contributed by atoms with Gasteiger partial charge < -0.3 is 15.2 Å². The Hall–Kier alpha value is -0.810. The predicted molar refractivity (Wildman–Crippen MR) is 71.7 cm³/mol. The molecule has 0 radical (unpaired) electrons. The number of piperidine rings is 1. The van der Waals surface area contributed by atoms with Crippen LogP contribution in [0.1, 0.15) is 18.0 Å². The van der Waals surface area contributed by atoms with Crippen LogP contribution in [0.2, 0.25) is 0 Å². The molecule has 0 aliphatic carbocycles. The van der Waals surface area contributed by atoms with Gasteiger partial charge in [0.05, 0.1) is 5.69 Å². The van der Waals surface area contributed by atoms with Crippen molar-refractivity contribution in [3.05, 3.63) is 26.6 Å². The summed E-state index contributed by atoms with van der Waals surface area (Å²) in [4.78, 5) is 12.3. The Kier molecular flexibility index (Phi) is 2.75. The third-order valence-electron chi connectivity index (χ3n) is 3.84. The predicted octanol–water partition coefficient (Wildman–Crippen LogP) is 1.36. The number of nitrogens with one attached hydrogen (secondary N) is 2. The molecule has 1 aromatic rings. The molecule has 0 amide bonds. The first kappa shape index (κ1) is 11.3. The molecule has 5 heteroatoms. The second-order valence-corrected chi connectivity index (χ2v) is 5.71.